The van der Waals surface area contributed by atoms with Gasteiger partial charge in [0.15, 0.2) is 0 Å². The van der Waals surface area contributed by atoms with E-state index in [1.807, 2.05) is 12.3 Å². The second-order valence-corrected chi connectivity index (χ2v) is 5.56. The van der Waals surface area contributed by atoms with Crippen LogP contribution >= 0.6 is 22.9 Å². The first-order chi connectivity index (χ1) is 8.78. The molecule has 0 aromatic carbocycles. The van der Waals surface area contributed by atoms with Crippen LogP contribution < -0.4 is 0 Å². The Morgan fingerprint density at radius 2 is 2.28 bits per heavy atom. The molecule has 3 heterocycles. The van der Waals surface area contributed by atoms with Crippen LogP contribution in [0.2, 0.25) is 0 Å². The van der Waals surface area contributed by atoms with Crippen LogP contribution in [0.1, 0.15) is 15.7 Å². The highest BCUT2D eigenvalue weighted by Gasteiger charge is 2.11. The van der Waals surface area contributed by atoms with Gasteiger partial charge in [0.2, 0.25) is 0 Å². The molecule has 0 atom stereocenters. The van der Waals surface area contributed by atoms with Gasteiger partial charge >= 0.3 is 0 Å². The van der Waals surface area contributed by atoms with Crippen LogP contribution in [0.15, 0.2) is 24.7 Å². The van der Waals surface area contributed by atoms with Crippen molar-refractivity contribution in [3.63, 3.8) is 0 Å². The molecule has 0 radical (unpaired) electrons. The number of thiazole rings is 1. The van der Waals surface area contributed by atoms with Crippen LogP contribution in [-0.4, -0.2) is 19.5 Å². The van der Waals surface area contributed by atoms with E-state index in [1.165, 1.54) is 4.88 Å². The quantitative estimate of drug-likeness (QED) is 0.692. The molecule has 0 aliphatic carbocycles. The maximum Gasteiger partial charge on any atom is 0.125 e. The van der Waals surface area contributed by atoms with Crippen molar-refractivity contribution in [3.05, 3.63) is 40.4 Å². The zero-order chi connectivity index (χ0) is 12.5. The Bertz CT molecular complexity index is 688. The molecule has 0 unspecified atom stereocenters. The first-order valence-electron chi connectivity index (χ1n) is 5.54. The third-order valence-corrected chi connectivity index (χ3v) is 3.85. The second kappa shape index (κ2) is 4.66. The smallest absolute Gasteiger partial charge is 0.125 e. The van der Waals surface area contributed by atoms with Crippen molar-refractivity contribution >= 4 is 34.0 Å². The molecule has 0 saturated heterocycles. The van der Waals surface area contributed by atoms with Crippen LogP contribution in [0.25, 0.3) is 11.0 Å². The number of alkyl halides is 1. The van der Waals surface area contributed by atoms with Crippen molar-refractivity contribution in [1.29, 1.82) is 0 Å². The fourth-order valence-electron chi connectivity index (χ4n) is 1.92. The SMILES string of the molecule is Cc1cnc(Cn2c(CCl)nc3cnccc32)s1. The summed E-state index contributed by atoms with van der Waals surface area (Å²) >= 11 is 7.65. The maximum atomic E-state index is 5.95. The van der Waals surface area contributed by atoms with Crippen LogP contribution in [0.5, 0.6) is 0 Å². The molecule has 3 aromatic rings. The highest BCUT2D eigenvalue weighted by Crippen LogP contribution is 2.20. The molecular weight excluding hydrogens is 268 g/mol. The molecule has 0 bridgehead atoms. The van der Waals surface area contributed by atoms with Crippen LogP contribution in [0.4, 0.5) is 0 Å². The van der Waals surface area contributed by atoms with Crippen molar-refractivity contribution in [2.75, 3.05) is 0 Å². The van der Waals surface area contributed by atoms with E-state index < -0.39 is 0 Å². The third-order valence-electron chi connectivity index (χ3n) is 2.71. The first-order valence-corrected chi connectivity index (χ1v) is 6.89. The molecule has 92 valence electrons. The minimum absolute atomic E-state index is 0.388. The molecule has 6 heteroatoms. The van der Waals surface area contributed by atoms with E-state index >= 15 is 0 Å². The summed E-state index contributed by atoms with van der Waals surface area (Å²) in [4.78, 5) is 14.2. The van der Waals surface area contributed by atoms with Gasteiger partial charge < -0.3 is 4.57 Å². The molecule has 0 saturated carbocycles. The number of aryl methyl sites for hydroxylation is 1. The molecular formula is C12H11ClN4S. The third kappa shape index (κ3) is 2.00. The second-order valence-electron chi connectivity index (χ2n) is 3.98. The molecule has 0 fully saturated rings. The number of hydrogen-bond acceptors (Lipinski definition) is 4. The number of halogens is 1. The largest absolute Gasteiger partial charge is 0.320 e. The lowest BCUT2D eigenvalue weighted by atomic mass is 10.4. The van der Waals surface area contributed by atoms with Gasteiger partial charge in [-0.1, -0.05) is 0 Å². The molecule has 3 rings (SSSR count). The predicted molar refractivity (Wildman–Crippen MR) is 73.0 cm³/mol. The highest BCUT2D eigenvalue weighted by atomic mass is 35.5. The van der Waals surface area contributed by atoms with Gasteiger partial charge in [-0.25, -0.2) is 9.97 Å². The molecule has 4 nitrogen and oxygen atoms in total. The molecule has 0 aliphatic rings. The Morgan fingerprint density at radius 1 is 1.39 bits per heavy atom. The average molecular weight is 279 g/mol. The Hall–Kier alpha value is -1.46. The van der Waals surface area contributed by atoms with Crippen molar-refractivity contribution in [2.45, 2.75) is 19.3 Å². The monoisotopic (exact) mass is 278 g/mol. The number of aromatic nitrogens is 4. The Kier molecular flexibility index (Phi) is 3.01. The van der Waals surface area contributed by atoms with E-state index in [0.29, 0.717) is 12.4 Å². The Morgan fingerprint density at radius 3 is 3.00 bits per heavy atom. The van der Waals surface area contributed by atoms with E-state index in [4.69, 9.17) is 11.6 Å². The van der Waals surface area contributed by atoms with Crippen molar-refractivity contribution in [2.24, 2.45) is 0 Å². The fraction of sp³-hybridized carbons (Fsp3) is 0.250. The molecule has 0 amide bonds. The summed E-state index contributed by atoms with van der Waals surface area (Å²) in [5, 5.41) is 1.06. The lowest BCUT2D eigenvalue weighted by Gasteiger charge is -2.04. The molecule has 0 N–H and O–H groups in total. The summed E-state index contributed by atoms with van der Waals surface area (Å²) in [6.07, 6.45) is 5.42. The number of fused-ring (bicyclic) bond motifs is 1. The van der Waals surface area contributed by atoms with Crippen molar-refractivity contribution in [1.82, 2.24) is 19.5 Å². The fourth-order valence-corrected chi connectivity index (χ4v) is 2.90. The summed E-state index contributed by atoms with van der Waals surface area (Å²) in [6, 6.07) is 1.96. The number of pyridine rings is 1. The maximum absolute atomic E-state index is 5.95. The average Bonchev–Trinajstić information content (AvgIpc) is 2.94. The van der Waals surface area contributed by atoms with Crippen LogP contribution in [-0.2, 0) is 12.4 Å². The van der Waals surface area contributed by atoms with Gasteiger partial charge in [-0.05, 0) is 13.0 Å². The van der Waals surface area contributed by atoms with Gasteiger partial charge in [-0.15, -0.1) is 22.9 Å². The zero-order valence-electron chi connectivity index (χ0n) is 9.80. The Labute approximate surface area is 113 Å². The summed E-state index contributed by atoms with van der Waals surface area (Å²) in [7, 11) is 0. The molecule has 18 heavy (non-hydrogen) atoms. The standard InChI is InChI=1S/C12H11ClN4S/c1-8-5-15-12(18-8)7-17-10-2-3-14-6-9(10)16-11(17)4-13/h2-3,5-6H,4,7H2,1H3. The number of nitrogens with zero attached hydrogens (tertiary/aromatic N) is 4. The van der Waals surface area contributed by atoms with Gasteiger partial charge in [0.05, 0.1) is 24.1 Å². The minimum atomic E-state index is 0.388. The van der Waals surface area contributed by atoms with Gasteiger partial charge in [-0.2, -0.15) is 0 Å². The zero-order valence-corrected chi connectivity index (χ0v) is 11.4. The number of imidazole rings is 1. The summed E-state index contributed by atoms with van der Waals surface area (Å²) < 4.78 is 2.10. The summed E-state index contributed by atoms with van der Waals surface area (Å²) in [5.74, 6) is 1.24. The van der Waals surface area contributed by atoms with Crippen molar-refractivity contribution < 1.29 is 0 Å². The minimum Gasteiger partial charge on any atom is -0.320 e. The molecule has 3 aromatic heterocycles. The lowest BCUT2D eigenvalue weighted by Crippen LogP contribution is -2.03. The van der Waals surface area contributed by atoms with E-state index in [1.54, 1.807) is 23.7 Å². The van der Waals surface area contributed by atoms with E-state index in [-0.39, 0.29) is 0 Å². The van der Waals surface area contributed by atoms with Gasteiger partial charge in [0, 0.05) is 17.3 Å². The summed E-state index contributed by atoms with van der Waals surface area (Å²) in [5.41, 5.74) is 1.93. The van der Waals surface area contributed by atoms with Crippen molar-refractivity contribution in [3.8, 4) is 0 Å². The van der Waals surface area contributed by atoms with Crippen LogP contribution in [0.3, 0.4) is 0 Å². The topological polar surface area (TPSA) is 43.6 Å². The molecule has 0 aliphatic heterocycles. The number of hydrogen-bond donors (Lipinski definition) is 0. The van der Waals surface area contributed by atoms with E-state index in [9.17, 15) is 0 Å². The van der Waals surface area contributed by atoms with E-state index in [2.05, 4.69) is 26.4 Å². The van der Waals surface area contributed by atoms with E-state index in [0.717, 1.165) is 21.9 Å². The summed E-state index contributed by atoms with van der Waals surface area (Å²) in [6.45, 7) is 2.76. The Balaban J connectivity index is 2.09. The van der Waals surface area contributed by atoms with Gasteiger partial charge in [0.25, 0.3) is 0 Å². The lowest BCUT2D eigenvalue weighted by molar-refractivity contribution is 0.773. The molecule has 0 spiro atoms. The van der Waals surface area contributed by atoms with Gasteiger partial charge in [0.1, 0.15) is 16.3 Å². The first kappa shape index (κ1) is 11.6. The normalized spacial score (nSPS) is 11.2. The highest BCUT2D eigenvalue weighted by molar-refractivity contribution is 7.11. The predicted octanol–water partition coefficient (Wildman–Crippen LogP) is 2.98. The number of rotatable bonds is 3. The van der Waals surface area contributed by atoms with Gasteiger partial charge in [-0.3, -0.25) is 4.98 Å². The van der Waals surface area contributed by atoms with Crippen LogP contribution in [0, 0.1) is 6.92 Å².